The van der Waals surface area contributed by atoms with Crippen LogP contribution >= 0.6 is 0 Å². The van der Waals surface area contributed by atoms with Gasteiger partial charge >= 0.3 is 0 Å². The molecular formula is C18H25N3O2. The molecule has 2 unspecified atom stereocenters. The van der Waals surface area contributed by atoms with Crippen molar-refractivity contribution in [3.05, 3.63) is 17.7 Å². The van der Waals surface area contributed by atoms with Gasteiger partial charge in [-0.2, -0.15) is 0 Å². The maximum atomic E-state index is 12.2. The summed E-state index contributed by atoms with van der Waals surface area (Å²) in [4.78, 5) is 14.5. The van der Waals surface area contributed by atoms with E-state index in [9.17, 15) is 4.79 Å². The highest BCUT2D eigenvalue weighted by atomic mass is 16.5. The van der Waals surface area contributed by atoms with Gasteiger partial charge in [0.2, 0.25) is 5.91 Å². The summed E-state index contributed by atoms with van der Waals surface area (Å²) < 4.78 is 5.57. The first-order valence-electron chi connectivity index (χ1n) is 8.68. The van der Waals surface area contributed by atoms with Gasteiger partial charge in [0.25, 0.3) is 0 Å². The number of rotatable bonds is 3. The van der Waals surface area contributed by atoms with E-state index in [-0.39, 0.29) is 11.8 Å². The summed E-state index contributed by atoms with van der Waals surface area (Å²) in [5, 5.41) is 6.65. The van der Waals surface area contributed by atoms with E-state index in [1.54, 1.807) is 7.11 Å². The van der Waals surface area contributed by atoms with Gasteiger partial charge in [0.15, 0.2) is 0 Å². The average Bonchev–Trinajstić information content (AvgIpc) is 3.27. The zero-order valence-electron chi connectivity index (χ0n) is 13.9. The number of amides is 1. The Hall–Kier alpha value is -1.91. The molecule has 1 saturated carbocycles. The summed E-state index contributed by atoms with van der Waals surface area (Å²) in [6.07, 6.45) is 6.38. The third kappa shape index (κ3) is 2.25. The molecule has 0 bridgehead atoms. The van der Waals surface area contributed by atoms with E-state index >= 15 is 0 Å². The molecule has 124 valence electrons. The zero-order chi connectivity index (χ0) is 16.0. The van der Waals surface area contributed by atoms with Crippen LogP contribution in [0.1, 0.15) is 43.6 Å². The molecule has 3 aliphatic rings. The minimum Gasteiger partial charge on any atom is -0.495 e. The van der Waals surface area contributed by atoms with Gasteiger partial charge in [-0.1, -0.05) is 18.9 Å². The molecule has 4 rings (SSSR count). The fraction of sp³-hybridized carbons (Fsp3) is 0.611. The first kappa shape index (κ1) is 14.7. The number of anilines is 2. The fourth-order valence-corrected chi connectivity index (χ4v) is 4.54. The Morgan fingerprint density at radius 1 is 1.22 bits per heavy atom. The van der Waals surface area contributed by atoms with Gasteiger partial charge in [0.1, 0.15) is 17.6 Å². The van der Waals surface area contributed by atoms with E-state index in [2.05, 4.69) is 28.6 Å². The van der Waals surface area contributed by atoms with Crippen LogP contribution in [0.3, 0.4) is 0 Å². The lowest BCUT2D eigenvalue weighted by atomic mass is 9.94. The van der Waals surface area contributed by atoms with E-state index in [1.807, 2.05) is 6.07 Å². The van der Waals surface area contributed by atoms with Crippen molar-refractivity contribution in [2.45, 2.75) is 44.2 Å². The quantitative estimate of drug-likeness (QED) is 0.900. The normalized spacial score (nSPS) is 27.0. The SMILES string of the molecule is COc1ccc(C2CCNC2=O)c2c1NC(C1CCCC1)N2C. The van der Waals surface area contributed by atoms with Crippen LogP contribution < -0.4 is 20.3 Å². The molecule has 2 fully saturated rings. The first-order valence-corrected chi connectivity index (χ1v) is 8.68. The van der Waals surface area contributed by atoms with Crippen molar-refractivity contribution < 1.29 is 9.53 Å². The minimum atomic E-state index is -0.0405. The molecule has 1 amide bonds. The van der Waals surface area contributed by atoms with Crippen LogP contribution in [0.2, 0.25) is 0 Å². The number of nitrogens with one attached hydrogen (secondary N) is 2. The summed E-state index contributed by atoms with van der Waals surface area (Å²) in [5.41, 5.74) is 3.35. The molecule has 0 aromatic heterocycles. The molecule has 2 atom stereocenters. The van der Waals surface area contributed by atoms with E-state index in [1.165, 1.54) is 25.7 Å². The number of hydrogen-bond donors (Lipinski definition) is 2. The molecule has 2 N–H and O–H groups in total. The number of benzene rings is 1. The van der Waals surface area contributed by atoms with Crippen LogP contribution in [0.4, 0.5) is 11.4 Å². The highest BCUT2D eigenvalue weighted by molar-refractivity contribution is 5.92. The third-order valence-electron chi connectivity index (χ3n) is 5.72. The maximum Gasteiger partial charge on any atom is 0.227 e. The molecule has 0 spiro atoms. The number of carbonyl (C=O) groups excluding carboxylic acids is 1. The standard InChI is InChI=1S/C18H25N3O2/c1-21-16-12(13-9-10-19-18(13)22)7-8-14(23-2)15(16)20-17(21)11-5-3-4-6-11/h7-8,11,13,17,20H,3-6,9-10H2,1-2H3,(H,19,22). The molecule has 5 nitrogen and oxygen atoms in total. The second kappa shape index (κ2) is 5.62. The molecule has 2 aliphatic heterocycles. The van der Waals surface area contributed by atoms with Crippen molar-refractivity contribution in [1.82, 2.24) is 5.32 Å². The number of carbonyl (C=O) groups is 1. The van der Waals surface area contributed by atoms with Gasteiger partial charge in [0.05, 0.1) is 18.7 Å². The van der Waals surface area contributed by atoms with Crippen molar-refractivity contribution in [3.8, 4) is 5.75 Å². The second-order valence-corrected chi connectivity index (χ2v) is 6.96. The highest BCUT2D eigenvalue weighted by Crippen LogP contribution is 2.49. The minimum absolute atomic E-state index is 0.0405. The molecule has 0 radical (unpaired) electrons. The predicted octanol–water partition coefficient (Wildman–Crippen LogP) is 2.68. The molecule has 1 saturated heterocycles. The van der Waals surface area contributed by atoms with Gasteiger partial charge in [-0.05, 0) is 36.8 Å². The van der Waals surface area contributed by atoms with Crippen LogP contribution in [0.5, 0.6) is 5.75 Å². The lowest BCUT2D eigenvalue weighted by Crippen LogP contribution is -2.38. The van der Waals surface area contributed by atoms with Crippen LogP contribution in [0, 0.1) is 5.92 Å². The molecule has 23 heavy (non-hydrogen) atoms. The average molecular weight is 315 g/mol. The lowest BCUT2D eigenvalue weighted by Gasteiger charge is -2.28. The van der Waals surface area contributed by atoms with Gasteiger partial charge in [-0.25, -0.2) is 0 Å². The fourth-order valence-electron chi connectivity index (χ4n) is 4.54. The Balaban J connectivity index is 1.75. The maximum absolute atomic E-state index is 12.2. The Morgan fingerprint density at radius 3 is 2.65 bits per heavy atom. The van der Waals surface area contributed by atoms with E-state index in [0.29, 0.717) is 12.1 Å². The highest BCUT2D eigenvalue weighted by Gasteiger charge is 2.39. The lowest BCUT2D eigenvalue weighted by molar-refractivity contribution is -0.120. The first-order chi connectivity index (χ1) is 11.2. The second-order valence-electron chi connectivity index (χ2n) is 6.96. The number of hydrogen-bond acceptors (Lipinski definition) is 4. The van der Waals surface area contributed by atoms with Crippen molar-refractivity contribution in [1.29, 1.82) is 0 Å². The summed E-state index contributed by atoms with van der Waals surface area (Å²) in [5.74, 6) is 1.65. The van der Waals surface area contributed by atoms with E-state index in [0.717, 1.165) is 35.7 Å². The van der Waals surface area contributed by atoms with Crippen molar-refractivity contribution in [2.24, 2.45) is 5.92 Å². The van der Waals surface area contributed by atoms with Gasteiger partial charge in [-0.15, -0.1) is 0 Å². The summed E-state index contributed by atoms with van der Waals surface area (Å²) in [6, 6.07) is 4.07. The number of methoxy groups -OCH3 is 1. The topological polar surface area (TPSA) is 53.6 Å². The summed E-state index contributed by atoms with van der Waals surface area (Å²) >= 11 is 0. The van der Waals surface area contributed by atoms with Crippen LogP contribution in [0.25, 0.3) is 0 Å². The van der Waals surface area contributed by atoms with Crippen LogP contribution in [0.15, 0.2) is 12.1 Å². The van der Waals surface area contributed by atoms with Crippen molar-refractivity contribution >= 4 is 17.3 Å². The van der Waals surface area contributed by atoms with Gasteiger partial charge < -0.3 is 20.3 Å². The molecular weight excluding hydrogens is 290 g/mol. The van der Waals surface area contributed by atoms with Crippen LogP contribution in [-0.2, 0) is 4.79 Å². The molecule has 1 aromatic rings. The Morgan fingerprint density at radius 2 is 2.00 bits per heavy atom. The number of fused-ring (bicyclic) bond motifs is 1. The smallest absolute Gasteiger partial charge is 0.227 e. The van der Waals surface area contributed by atoms with Crippen molar-refractivity contribution in [2.75, 3.05) is 30.9 Å². The largest absolute Gasteiger partial charge is 0.495 e. The molecule has 1 aromatic carbocycles. The van der Waals surface area contributed by atoms with Crippen LogP contribution in [-0.4, -0.2) is 32.8 Å². The monoisotopic (exact) mass is 315 g/mol. The number of ether oxygens (including phenoxy) is 1. The van der Waals surface area contributed by atoms with E-state index < -0.39 is 0 Å². The van der Waals surface area contributed by atoms with Gasteiger partial charge in [0, 0.05) is 13.6 Å². The summed E-state index contributed by atoms with van der Waals surface area (Å²) in [6.45, 7) is 0.771. The zero-order valence-corrected chi connectivity index (χ0v) is 13.9. The predicted molar refractivity (Wildman–Crippen MR) is 91.1 cm³/mol. The Labute approximate surface area is 137 Å². The molecule has 5 heteroatoms. The molecule has 2 heterocycles. The van der Waals surface area contributed by atoms with Gasteiger partial charge in [-0.3, -0.25) is 4.79 Å². The van der Waals surface area contributed by atoms with E-state index in [4.69, 9.17) is 4.74 Å². The van der Waals surface area contributed by atoms with Crippen molar-refractivity contribution in [3.63, 3.8) is 0 Å². The third-order valence-corrected chi connectivity index (χ3v) is 5.72. The Kier molecular flexibility index (Phi) is 3.58. The molecule has 1 aliphatic carbocycles. The summed E-state index contributed by atoms with van der Waals surface area (Å²) in [7, 11) is 3.86. The number of nitrogens with zero attached hydrogens (tertiary/aromatic N) is 1. The Bertz CT molecular complexity index is 625.